The zero-order chi connectivity index (χ0) is 33.9. The third-order valence-corrected chi connectivity index (χ3v) is 14.1. The highest BCUT2D eigenvalue weighted by Gasteiger charge is 2.52. The molecule has 0 aliphatic heterocycles. The molecular formula is C39H31F3O3S3. The van der Waals surface area contributed by atoms with E-state index in [4.69, 9.17) is 3.63 Å². The fraction of sp³-hybridized carbons (Fsp3) is 0.0769. The highest BCUT2D eigenvalue weighted by atomic mass is 32.3. The van der Waals surface area contributed by atoms with Crippen LogP contribution in [0.15, 0.2) is 176 Å². The number of halogens is 3. The third kappa shape index (κ3) is 6.82. The van der Waals surface area contributed by atoms with Crippen LogP contribution in [0.5, 0.6) is 0 Å². The summed E-state index contributed by atoms with van der Waals surface area (Å²) in [5.41, 5.74) is -0.323. The molecule has 0 fully saturated rings. The van der Waals surface area contributed by atoms with Crippen molar-refractivity contribution in [1.82, 2.24) is 0 Å². The topological polar surface area (TPSA) is 43.4 Å². The highest BCUT2D eigenvalue weighted by molar-refractivity contribution is 8.33. The van der Waals surface area contributed by atoms with E-state index in [1.165, 1.54) is 11.8 Å². The molecule has 0 saturated carbocycles. The van der Waals surface area contributed by atoms with Gasteiger partial charge in [-0.05, 0) is 106 Å². The smallest absolute Gasteiger partial charge is 0.200 e. The number of alkyl halides is 3. The standard InChI is InChI=1S/C39H31F3O3S3/c1-28-11-9-10-16-38(28)47(45-48(43,44)39(40,41)42,35-23-19-33(20-24-35)31-14-7-4-8-15-31)36-25-26-37(29(2)27-36)46-34-21-17-32(18-22-34)30-12-5-3-6-13-30/h3-27H,1-2H3. The highest BCUT2D eigenvalue weighted by Crippen LogP contribution is 2.71. The van der Waals surface area contributed by atoms with E-state index in [9.17, 15) is 21.6 Å². The maximum Gasteiger partial charge on any atom is 0.524 e. The van der Waals surface area contributed by atoms with Crippen molar-refractivity contribution >= 4 is 32.2 Å². The van der Waals surface area contributed by atoms with E-state index in [0.29, 0.717) is 20.2 Å². The average Bonchev–Trinajstić information content (AvgIpc) is 3.09. The van der Waals surface area contributed by atoms with Crippen LogP contribution in [-0.2, 0) is 13.7 Å². The van der Waals surface area contributed by atoms with Crippen LogP contribution in [-0.4, -0.2) is 13.9 Å². The quantitative estimate of drug-likeness (QED) is 0.141. The molecule has 244 valence electrons. The van der Waals surface area contributed by atoms with Gasteiger partial charge in [-0.25, -0.2) is 0 Å². The van der Waals surface area contributed by atoms with Crippen LogP contribution >= 0.6 is 22.1 Å². The summed E-state index contributed by atoms with van der Waals surface area (Å²) in [4.78, 5) is 2.87. The van der Waals surface area contributed by atoms with Gasteiger partial charge in [0.25, 0.3) is 0 Å². The molecule has 0 heterocycles. The molecule has 0 radical (unpaired) electrons. The van der Waals surface area contributed by atoms with Crippen molar-refractivity contribution in [2.75, 3.05) is 0 Å². The Morgan fingerprint density at radius 2 is 1.02 bits per heavy atom. The van der Waals surface area contributed by atoms with Gasteiger partial charge in [0.15, 0.2) is 0 Å². The van der Waals surface area contributed by atoms with Crippen molar-refractivity contribution in [3.05, 3.63) is 163 Å². The zero-order valence-corrected chi connectivity index (χ0v) is 28.5. The largest absolute Gasteiger partial charge is 0.524 e. The molecule has 3 nitrogen and oxygen atoms in total. The molecule has 1 unspecified atom stereocenters. The van der Waals surface area contributed by atoms with Gasteiger partial charge in [0.1, 0.15) is 0 Å². The molecule has 0 N–H and O–H groups in total. The van der Waals surface area contributed by atoms with Crippen LogP contribution in [0.3, 0.4) is 0 Å². The Bertz CT molecular complexity index is 2140. The Morgan fingerprint density at radius 1 is 0.542 bits per heavy atom. The van der Waals surface area contributed by atoms with Crippen LogP contribution in [0.25, 0.3) is 22.3 Å². The van der Waals surface area contributed by atoms with Crippen molar-refractivity contribution in [1.29, 1.82) is 0 Å². The molecule has 0 bridgehead atoms. The van der Waals surface area contributed by atoms with Crippen LogP contribution < -0.4 is 0 Å². The summed E-state index contributed by atoms with van der Waals surface area (Å²) in [6, 6.07) is 46.7. The van der Waals surface area contributed by atoms with E-state index in [-0.39, 0.29) is 0 Å². The van der Waals surface area contributed by atoms with Crippen molar-refractivity contribution in [3.63, 3.8) is 0 Å². The Kier molecular flexibility index (Phi) is 9.58. The van der Waals surface area contributed by atoms with Gasteiger partial charge in [0, 0.05) is 24.5 Å². The summed E-state index contributed by atoms with van der Waals surface area (Å²) >= 11 is 1.52. The van der Waals surface area contributed by atoms with Crippen LogP contribution in [0, 0.1) is 13.8 Å². The van der Waals surface area contributed by atoms with Crippen LogP contribution in [0.1, 0.15) is 11.1 Å². The first kappa shape index (κ1) is 33.6. The second kappa shape index (κ2) is 13.7. The lowest BCUT2D eigenvalue weighted by molar-refractivity contribution is -0.0496. The summed E-state index contributed by atoms with van der Waals surface area (Å²) < 4.78 is 73.9. The van der Waals surface area contributed by atoms with Gasteiger partial charge in [-0.3, -0.25) is 0 Å². The minimum atomic E-state index is -6.05. The molecule has 0 spiro atoms. The molecule has 6 rings (SSSR count). The molecule has 0 amide bonds. The Balaban J connectivity index is 1.48. The number of hydrogen-bond acceptors (Lipinski definition) is 4. The van der Waals surface area contributed by atoms with Gasteiger partial charge in [0.05, 0.1) is 0 Å². The lowest BCUT2D eigenvalue weighted by atomic mass is 10.1. The van der Waals surface area contributed by atoms with Gasteiger partial charge in [-0.2, -0.15) is 25.2 Å². The number of rotatable bonds is 9. The SMILES string of the molecule is Cc1cc(S(OS(=O)(=O)C(F)(F)F)(c2ccc(-c3ccccc3)cc2)c2ccccc2C)ccc1Sc1ccc(-c2ccccc2)cc1. The monoisotopic (exact) mass is 700 g/mol. The lowest BCUT2D eigenvalue weighted by Gasteiger charge is -2.40. The average molecular weight is 701 g/mol. The number of hydrogen-bond donors (Lipinski definition) is 0. The van der Waals surface area contributed by atoms with Crippen molar-refractivity contribution in [2.45, 2.75) is 43.8 Å². The maximum absolute atomic E-state index is 14.1. The molecule has 0 aliphatic rings. The fourth-order valence-corrected chi connectivity index (χ4v) is 11.3. The predicted molar refractivity (Wildman–Crippen MR) is 189 cm³/mol. The van der Waals surface area contributed by atoms with E-state index in [1.54, 1.807) is 67.6 Å². The van der Waals surface area contributed by atoms with E-state index in [0.717, 1.165) is 37.6 Å². The molecule has 6 aromatic rings. The fourth-order valence-electron chi connectivity index (χ4n) is 5.41. The Labute approximate surface area is 285 Å². The normalized spacial score (nSPS) is 13.9. The van der Waals surface area contributed by atoms with E-state index in [1.807, 2.05) is 97.9 Å². The summed E-state index contributed by atoms with van der Waals surface area (Å²) in [6.07, 6.45) is 0. The summed E-state index contributed by atoms with van der Waals surface area (Å²) in [5, 5.41) is 0. The van der Waals surface area contributed by atoms with Crippen molar-refractivity contribution in [3.8, 4) is 22.3 Å². The second-order valence-electron chi connectivity index (χ2n) is 11.1. The molecule has 0 aromatic heterocycles. The van der Waals surface area contributed by atoms with E-state index < -0.39 is 25.9 Å². The molecule has 0 saturated heterocycles. The van der Waals surface area contributed by atoms with Crippen molar-refractivity contribution in [2.24, 2.45) is 0 Å². The molecule has 48 heavy (non-hydrogen) atoms. The minimum absolute atomic E-state index is 0.320. The van der Waals surface area contributed by atoms with Crippen LogP contribution in [0.2, 0.25) is 0 Å². The number of aryl methyl sites for hydroxylation is 2. The summed E-state index contributed by atoms with van der Waals surface area (Å²) in [6.45, 7) is 3.61. The van der Waals surface area contributed by atoms with Gasteiger partial charge >= 0.3 is 15.6 Å². The summed E-state index contributed by atoms with van der Waals surface area (Å²) in [7, 11) is -9.51. The van der Waals surface area contributed by atoms with E-state index >= 15 is 0 Å². The Morgan fingerprint density at radius 3 is 1.54 bits per heavy atom. The molecular weight excluding hydrogens is 670 g/mol. The first-order valence-corrected chi connectivity index (χ1v) is 18.8. The third-order valence-electron chi connectivity index (χ3n) is 7.84. The van der Waals surface area contributed by atoms with Gasteiger partial charge in [0.2, 0.25) is 0 Å². The Hall–Kier alpha value is -4.28. The maximum atomic E-state index is 14.1. The lowest BCUT2D eigenvalue weighted by Crippen LogP contribution is -2.27. The second-order valence-corrected chi connectivity index (χ2v) is 16.6. The van der Waals surface area contributed by atoms with Gasteiger partial charge < -0.3 is 0 Å². The van der Waals surface area contributed by atoms with E-state index in [2.05, 4.69) is 0 Å². The first-order valence-electron chi connectivity index (χ1n) is 15.0. The minimum Gasteiger partial charge on any atom is -0.200 e. The van der Waals surface area contributed by atoms with Gasteiger partial charge in [-0.15, -0.1) is 0 Å². The van der Waals surface area contributed by atoms with Crippen LogP contribution in [0.4, 0.5) is 13.2 Å². The molecule has 0 aliphatic carbocycles. The molecule has 9 heteroatoms. The first-order chi connectivity index (χ1) is 23.0. The molecule has 6 aromatic carbocycles. The summed E-state index contributed by atoms with van der Waals surface area (Å²) in [5.74, 6) is 0. The molecule has 1 atom stereocenters. The van der Waals surface area contributed by atoms with Gasteiger partial charge in [-0.1, -0.05) is 115 Å². The van der Waals surface area contributed by atoms with Crippen molar-refractivity contribution < 1.29 is 25.2 Å². The number of benzene rings is 6. The zero-order valence-electron chi connectivity index (χ0n) is 26.0. The predicted octanol–water partition coefficient (Wildman–Crippen LogP) is 11.9.